The molecule has 1 N–H and O–H groups in total. The fourth-order valence-electron chi connectivity index (χ4n) is 1.60. The highest BCUT2D eigenvalue weighted by Gasteiger charge is 1.93. The number of imidazole rings is 1. The molecule has 0 atom stereocenters. The van der Waals surface area contributed by atoms with Crippen molar-refractivity contribution in [3.8, 4) is 0 Å². The van der Waals surface area contributed by atoms with E-state index in [0.717, 1.165) is 32.5 Å². The van der Waals surface area contributed by atoms with Gasteiger partial charge in [-0.2, -0.15) is 11.3 Å². The van der Waals surface area contributed by atoms with Gasteiger partial charge in [-0.1, -0.05) is 0 Å². The quantitative estimate of drug-likeness (QED) is 0.745. The predicted molar refractivity (Wildman–Crippen MR) is 67.7 cm³/mol. The Hall–Kier alpha value is -1.13. The summed E-state index contributed by atoms with van der Waals surface area (Å²) in [5.41, 5.74) is 1.44. The molecule has 0 radical (unpaired) electrons. The summed E-state index contributed by atoms with van der Waals surface area (Å²) in [5, 5.41) is 7.81. The molecule has 0 aliphatic heterocycles. The third kappa shape index (κ3) is 3.79. The van der Waals surface area contributed by atoms with Gasteiger partial charge in [-0.3, -0.25) is 0 Å². The van der Waals surface area contributed by atoms with Crippen LogP contribution in [-0.2, 0) is 13.0 Å². The van der Waals surface area contributed by atoms with Crippen molar-refractivity contribution in [3.05, 3.63) is 41.1 Å². The van der Waals surface area contributed by atoms with Crippen LogP contribution in [0.15, 0.2) is 35.5 Å². The Balaban J connectivity index is 1.49. The molecule has 0 unspecified atom stereocenters. The van der Waals surface area contributed by atoms with E-state index in [1.807, 2.05) is 18.7 Å². The second-order valence-corrected chi connectivity index (χ2v) is 4.57. The summed E-state index contributed by atoms with van der Waals surface area (Å²) in [4.78, 5) is 4.01. The number of rotatable bonds is 7. The summed E-state index contributed by atoms with van der Waals surface area (Å²) in [6, 6.07) is 2.19. The molecule has 3 nitrogen and oxygen atoms in total. The Morgan fingerprint density at radius 1 is 1.38 bits per heavy atom. The minimum atomic E-state index is 1.05. The van der Waals surface area contributed by atoms with Crippen LogP contribution in [0.2, 0.25) is 0 Å². The smallest absolute Gasteiger partial charge is 0.0945 e. The predicted octanol–water partition coefficient (Wildman–Crippen LogP) is 2.17. The highest BCUT2D eigenvalue weighted by molar-refractivity contribution is 7.07. The number of hydrogen-bond acceptors (Lipinski definition) is 3. The molecule has 0 aromatic carbocycles. The van der Waals surface area contributed by atoms with Crippen molar-refractivity contribution < 1.29 is 0 Å². The number of thiophene rings is 1. The SMILES string of the molecule is c1cn(CCCNCCc2ccsc2)cn1. The number of aryl methyl sites for hydroxylation is 1. The first-order valence-electron chi connectivity index (χ1n) is 5.63. The van der Waals surface area contributed by atoms with Crippen molar-refractivity contribution in [3.63, 3.8) is 0 Å². The third-order valence-corrected chi connectivity index (χ3v) is 3.23. The molecule has 0 aliphatic carbocycles. The maximum Gasteiger partial charge on any atom is 0.0945 e. The van der Waals surface area contributed by atoms with Gasteiger partial charge in [-0.05, 0) is 48.3 Å². The summed E-state index contributed by atoms with van der Waals surface area (Å²) in [7, 11) is 0. The molecule has 0 saturated heterocycles. The van der Waals surface area contributed by atoms with E-state index in [1.54, 1.807) is 11.3 Å². The van der Waals surface area contributed by atoms with E-state index < -0.39 is 0 Å². The van der Waals surface area contributed by atoms with Crippen LogP contribution in [0, 0.1) is 0 Å². The van der Waals surface area contributed by atoms with Gasteiger partial charge in [-0.15, -0.1) is 0 Å². The molecular weight excluding hydrogens is 218 g/mol. The van der Waals surface area contributed by atoms with Gasteiger partial charge in [0.15, 0.2) is 0 Å². The Labute approximate surface area is 100 Å². The van der Waals surface area contributed by atoms with Gasteiger partial charge in [0.1, 0.15) is 0 Å². The van der Waals surface area contributed by atoms with Gasteiger partial charge in [0.05, 0.1) is 6.33 Å². The average Bonchev–Trinajstić information content (AvgIpc) is 2.96. The van der Waals surface area contributed by atoms with Crippen LogP contribution in [-0.4, -0.2) is 22.6 Å². The van der Waals surface area contributed by atoms with Crippen LogP contribution in [0.1, 0.15) is 12.0 Å². The summed E-state index contributed by atoms with van der Waals surface area (Å²) < 4.78 is 2.11. The number of hydrogen-bond donors (Lipinski definition) is 1. The lowest BCUT2D eigenvalue weighted by atomic mass is 10.2. The van der Waals surface area contributed by atoms with Crippen molar-refractivity contribution >= 4 is 11.3 Å². The summed E-state index contributed by atoms with van der Waals surface area (Å²) >= 11 is 1.77. The zero-order valence-corrected chi connectivity index (χ0v) is 10.1. The van der Waals surface area contributed by atoms with Crippen molar-refractivity contribution in [1.82, 2.24) is 14.9 Å². The minimum Gasteiger partial charge on any atom is -0.337 e. The Kier molecular flexibility index (Phi) is 4.58. The fourth-order valence-corrected chi connectivity index (χ4v) is 2.30. The lowest BCUT2D eigenvalue weighted by molar-refractivity contribution is 0.582. The fraction of sp³-hybridized carbons (Fsp3) is 0.417. The molecule has 2 aromatic heterocycles. The molecule has 0 fully saturated rings. The molecule has 16 heavy (non-hydrogen) atoms. The lowest BCUT2D eigenvalue weighted by Gasteiger charge is -2.04. The average molecular weight is 235 g/mol. The molecule has 0 spiro atoms. The molecule has 0 aliphatic rings. The van der Waals surface area contributed by atoms with E-state index in [4.69, 9.17) is 0 Å². The van der Waals surface area contributed by atoms with E-state index in [2.05, 4.69) is 31.7 Å². The van der Waals surface area contributed by atoms with E-state index in [1.165, 1.54) is 5.56 Å². The highest BCUT2D eigenvalue weighted by Crippen LogP contribution is 2.05. The van der Waals surface area contributed by atoms with Gasteiger partial charge in [0.25, 0.3) is 0 Å². The maximum atomic E-state index is 4.01. The number of aromatic nitrogens is 2. The van der Waals surface area contributed by atoms with E-state index in [-0.39, 0.29) is 0 Å². The monoisotopic (exact) mass is 235 g/mol. The molecule has 0 saturated carbocycles. The van der Waals surface area contributed by atoms with Crippen molar-refractivity contribution in [2.45, 2.75) is 19.4 Å². The molecule has 86 valence electrons. The minimum absolute atomic E-state index is 1.05. The number of nitrogens with one attached hydrogen (secondary N) is 1. The van der Waals surface area contributed by atoms with Crippen LogP contribution >= 0.6 is 11.3 Å². The third-order valence-electron chi connectivity index (χ3n) is 2.50. The maximum absolute atomic E-state index is 4.01. The molecule has 2 rings (SSSR count). The largest absolute Gasteiger partial charge is 0.337 e. The topological polar surface area (TPSA) is 29.9 Å². The van der Waals surface area contributed by atoms with Gasteiger partial charge >= 0.3 is 0 Å². The van der Waals surface area contributed by atoms with Crippen LogP contribution in [0.25, 0.3) is 0 Å². The normalized spacial score (nSPS) is 10.8. The second-order valence-electron chi connectivity index (χ2n) is 3.79. The summed E-state index contributed by atoms with van der Waals surface area (Å²) in [6.45, 7) is 3.19. The van der Waals surface area contributed by atoms with Crippen LogP contribution in [0.3, 0.4) is 0 Å². The highest BCUT2D eigenvalue weighted by atomic mass is 32.1. The van der Waals surface area contributed by atoms with Gasteiger partial charge in [0, 0.05) is 18.9 Å². The molecular formula is C12H17N3S. The first-order valence-corrected chi connectivity index (χ1v) is 6.57. The van der Waals surface area contributed by atoms with Gasteiger partial charge < -0.3 is 9.88 Å². The first kappa shape index (κ1) is 11.4. The molecule has 2 heterocycles. The molecule has 0 amide bonds. The Morgan fingerprint density at radius 2 is 2.38 bits per heavy atom. The zero-order valence-electron chi connectivity index (χ0n) is 9.30. The number of nitrogens with zero attached hydrogens (tertiary/aromatic N) is 2. The Morgan fingerprint density at radius 3 is 3.12 bits per heavy atom. The van der Waals surface area contributed by atoms with Gasteiger partial charge in [0.2, 0.25) is 0 Å². The van der Waals surface area contributed by atoms with Crippen molar-refractivity contribution in [2.75, 3.05) is 13.1 Å². The molecule has 4 heteroatoms. The first-order chi connectivity index (χ1) is 7.95. The van der Waals surface area contributed by atoms with Crippen LogP contribution in [0.4, 0.5) is 0 Å². The lowest BCUT2D eigenvalue weighted by Crippen LogP contribution is -2.19. The van der Waals surface area contributed by atoms with Crippen molar-refractivity contribution in [2.24, 2.45) is 0 Å². The van der Waals surface area contributed by atoms with Crippen molar-refractivity contribution in [1.29, 1.82) is 0 Å². The van der Waals surface area contributed by atoms with Crippen LogP contribution < -0.4 is 5.32 Å². The second kappa shape index (κ2) is 6.45. The van der Waals surface area contributed by atoms with E-state index >= 15 is 0 Å². The zero-order chi connectivity index (χ0) is 11.1. The van der Waals surface area contributed by atoms with E-state index in [0.29, 0.717) is 0 Å². The van der Waals surface area contributed by atoms with E-state index in [9.17, 15) is 0 Å². The summed E-state index contributed by atoms with van der Waals surface area (Å²) in [6.07, 6.45) is 7.98. The summed E-state index contributed by atoms with van der Waals surface area (Å²) in [5.74, 6) is 0. The molecule has 0 bridgehead atoms. The standard InChI is InChI=1S/C12H17N3S/c1(7-15-8-6-14-11-15)4-13-5-2-12-3-9-16-10-12/h3,6,8-11,13H,1-2,4-5,7H2. The van der Waals surface area contributed by atoms with Crippen LogP contribution in [0.5, 0.6) is 0 Å². The Bertz CT molecular complexity index is 329. The van der Waals surface area contributed by atoms with Gasteiger partial charge in [-0.25, -0.2) is 4.98 Å². The molecule has 2 aromatic rings.